The fraction of sp³-hybridized carbons (Fsp3) is 0.667. The topological polar surface area (TPSA) is 44.5 Å². The molecule has 0 radical (unpaired) electrons. The monoisotopic (exact) mass is 289 g/mol. The maximum absolute atomic E-state index is 6.64. The minimum Gasteiger partial charge on any atom is -0.381 e. The molecule has 2 aliphatic rings. The van der Waals surface area contributed by atoms with Gasteiger partial charge in [-0.15, -0.1) is 0 Å². The van der Waals surface area contributed by atoms with Crippen molar-refractivity contribution in [2.24, 2.45) is 11.7 Å². The third kappa shape index (κ3) is 3.01. The third-order valence-electron chi connectivity index (χ3n) is 5.45. The molecule has 2 heterocycles. The predicted molar refractivity (Wildman–Crippen MR) is 84.3 cm³/mol. The van der Waals surface area contributed by atoms with Crippen LogP contribution in [0, 0.1) is 19.8 Å². The quantitative estimate of drug-likeness (QED) is 0.908. The summed E-state index contributed by atoms with van der Waals surface area (Å²) in [5.41, 5.74) is 10.7. The van der Waals surface area contributed by atoms with E-state index in [0.29, 0.717) is 5.92 Å². The van der Waals surface area contributed by atoms with Gasteiger partial charge in [-0.3, -0.25) is 0 Å². The lowest BCUT2D eigenvalue weighted by Crippen LogP contribution is -2.46. The second-order valence-electron chi connectivity index (χ2n) is 6.71. The van der Waals surface area contributed by atoms with Crippen molar-refractivity contribution in [2.45, 2.75) is 51.2 Å². The van der Waals surface area contributed by atoms with Gasteiger partial charge in [-0.25, -0.2) is 0 Å². The van der Waals surface area contributed by atoms with Gasteiger partial charge in [0.2, 0.25) is 0 Å². The van der Waals surface area contributed by atoms with E-state index in [1.807, 2.05) is 0 Å². The summed E-state index contributed by atoms with van der Waals surface area (Å²) < 4.78 is 11.6. The maximum Gasteiger partial charge on any atom is 0.0729 e. The number of nitrogens with two attached hydrogens (primary N) is 1. The van der Waals surface area contributed by atoms with Gasteiger partial charge in [0, 0.05) is 25.9 Å². The molecule has 1 aromatic carbocycles. The number of aryl methyl sites for hydroxylation is 1. The first-order valence-corrected chi connectivity index (χ1v) is 8.15. The normalized spacial score (nSPS) is 26.7. The molecule has 2 N–H and O–H groups in total. The first-order chi connectivity index (χ1) is 10.1. The highest BCUT2D eigenvalue weighted by atomic mass is 16.5. The zero-order chi connectivity index (χ0) is 14.9. The smallest absolute Gasteiger partial charge is 0.0729 e. The summed E-state index contributed by atoms with van der Waals surface area (Å²) in [6.07, 6.45) is 4.17. The SMILES string of the molecule is Cc1cccc(C(N)C2CCOC3(CCOCC3)C2)c1C. The first kappa shape index (κ1) is 15.0. The lowest BCUT2D eigenvalue weighted by atomic mass is 9.76. The summed E-state index contributed by atoms with van der Waals surface area (Å²) >= 11 is 0. The van der Waals surface area contributed by atoms with E-state index >= 15 is 0 Å². The fourth-order valence-electron chi connectivity index (χ4n) is 3.85. The van der Waals surface area contributed by atoms with Crippen LogP contribution in [0.4, 0.5) is 0 Å². The van der Waals surface area contributed by atoms with Crippen LogP contribution in [0.15, 0.2) is 18.2 Å². The van der Waals surface area contributed by atoms with Crippen LogP contribution < -0.4 is 5.73 Å². The highest BCUT2D eigenvalue weighted by molar-refractivity contribution is 5.35. The van der Waals surface area contributed by atoms with E-state index in [-0.39, 0.29) is 11.6 Å². The van der Waals surface area contributed by atoms with Gasteiger partial charge in [0.15, 0.2) is 0 Å². The summed E-state index contributed by atoms with van der Waals surface area (Å²) in [4.78, 5) is 0. The van der Waals surface area contributed by atoms with E-state index in [2.05, 4.69) is 32.0 Å². The van der Waals surface area contributed by atoms with E-state index in [4.69, 9.17) is 15.2 Å². The van der Waals surface area contributed by atoms with Crippen LogP contribution in [0.3, 0.4) is 0 Å². The molecule has 3 rings (SSSR count). The van der Waals surface area contributed by atoms with Gasteiger partial charge in [0.05, 0.1) is 5.60 Å². The fourth-order valence-corrected chi connectivity index (χ4v) is 3.85. The summed E-state index contributed by atoms with van der Waals surface area (Å²) in [6.45, 7) is 6.84. The Balaban J connectivity index is 1.78. The molecule has 0 bridgehead atoms. The zero-order valence-corrected chi connectivity index (χ0v) is 13.2. The van der Waals surface area contributed by atoms with E-state index in [9.17, 15) is 0 Å². The van der Waals surface area contributed by atoms with E-state index in [1.165, 1.54) is 16.7 Å². The molecule has 2 unspecified atom stereocenters. The van der Waals surface area contributed by atoms with Crippen LogP contribution in [0.2, 0.25) is 0 Å². The van der Waals surface area contributed by atoms with Gasteiger partial charge < -0.3 is 15.2 Å². The Morgan fingerprint density at radius 3 is 2.71 bits per heavy atom. The van der Waals surface area contributed by atoms with E-state index < -0.39 is 0 Å². The van der Waals surface area contributed by atoms with Gasteiger partial charge in [-0.2, -0.15) is 0 Å². The van der Waals surface area contributed by atoms with Crippen LogP contribution in [0.5, 0.6) is 0 Å². The molecular formula is C18H27NO2. The van der Waals surface area contributed by atoms with Crippen molar-refractivity contribution in [3.8, 4) is 0 Å². The van der Waals surface area contributed by atoms with Crippen molar-refractivity contribution in [2.75, 3.05) is 19.8 Å². The molecule has 116 valence electrons. The molecule has 0 saturated carbocycles. The second-order valence-corrected chi connectivity index (χ2v) is 6.71. The van der Waals surface area contributed by atoms with E-state index in [0.717, 1.165) is 45.5 Å². The van der Waals surface area contributed by atoms with Crippen molar-refractivity contribution in [3.05, 3.63) is 34.9 Å². The molecule has 0 amide bonds. The molecule has 0 aromatic heterocycles. The highest BCUT2D eigenvalue weighted by Gasteiger charge is 2.41. The Kier molecular flexibility index (Phi) is 4.34. The van der Waals surface area contributed by atoms with Crippen molar-refractivity contribution in [3.63, 3.8) is 0 Å². The number of rotatable bonds is 2. The average molecular weight is 289 g/mol. The van der Waals surface area contributed by atoms with Crippen LogP contribution in [-0.4, -0.2) is 25.4 Å². The van der Waals surface area contributed by atoms with Crippen LogP contribution >= 0.6 is 0 Å². The van der Waals surface area contributed by atoms with Gasteiger partial charge in [0.25, 0.3) is 0 Å². The lowest BCUT2D eigenvalue weighted by Gasteiger charge is -2.45. The predicted octanol–water partition coefficient (Wildman–Crippen LogP) is 3.28. The van der Waals surface area contributed by atoms with Gasteiger partial charge in [-0.1, -0.05) is 18.2 Å². The molecule has 2 fully saturated rings. The number of benzene rings is 1. The van der Waals surface area contributed by atoms with Crippen LogP contribution in [0.1, 0.15) is 48.4 Å². The summed E-state index contributed by atoms with van der Waals surface area (Å²) in [6, 6.07) is 6.60. The Hall–Kier alpha value is -0.900. The van der Waals surface area contributed by atoms with Crippen molar-refractivity contribution >= 4 is 0 Å². The van der Waals surface area contributed by atoms with Crippen LogP contribution in [-0.2, 0) is 9.47 Å². The van der Waals surface area contributed by atoms with Crippen molar-refractivity contribution in [1.82, 2.24) is 0 Å². The molecule has 3 nitrogen and oxygen atoms in total. The summed E-state index contributed by atoms with van der Waals surface area (Å²) in [5, 5.41) is 0. The molecule has 0 aliphatic carbocycles. The Morgan fingerprint density at radius 1 is 1.19 bits per heavy atom. The molecule has 2 aliphatic heterocycles. The molecule has 1 aromatic rings. The third-order valence-corrected chi connectivity index (χ3v) is 5.45. The molecule has 21 heavy (non-hydrogen) atoms. The summed E-state index contributed by atoms with van der Waals surface area (Å²) in [7, 11) is 0. The largest absolute Gasteiger partial charge is 0.381 e. The minimum absolute atomic E-state index is 0.0243. The molecule has 3 heteroatoms. The highest BCUT2D eigenvalue weighted by Crippen LogP contribution is 2.41. The summed E-state index contributed by atoms with van der Waals surface area (Å²) in [5.74, 6) is 0.511. The van der Waals surface area contributed by atoms with E-state index in [1.54, 1.807) is 0 Å². The second kappa shape index (κ2) is 6.07. The molecule has 1 spiro atoms. The molecular weight excluding hydrogens is 262 g/mol. The lowest BCUT2D eigenvalue weighted by molar-refractivity contribution is -0.149. The van der Waals surface area contributed by atoms with Gasteiger partial charge >= 0.3 is 0 Å². The van der Waals surface area contributed by atoms with Crippen LogP contribution in [0.25, 0.3) is 0 Å². The number of ether oxygens (including phenoxy) is 2. The Labute approximate surface area is 127 Å². The number of hydrogen-bond donors (Lipinski definition) is 1. The average Bonchev–Trinajstić information content (AvgIpc) is 2.50. The molecule has 2 saturated heterocycles. The van der Waals surface area contributed by atoms with Gasteiger partial charge in [-0.05, 0) is 62.1 Å². The molecule has 2 atom stereocenters. The number of hydrogen-bond acceptors (Lipinski definition) is 3. The first-order valence-electron chi connectivity index (χ1n) is 8.15. The standard InChI is InChI=1S/C18H27NO2/c1-13-4-3-5-16(14(13)2)17(19)15-6-9-21-18(12-15)7-10-20-11-8-18/h3-5,15,17H,6-12,19H2,1-2H3. The Bertz CT molecular complexity index is 488. The van der Waals surface area contributed by atoms with Crippen molar-refractivity contribution in [1.29, 1.82) is 0 Å². The maximum atomic E-state index is 6.64. The Morgan fingerprint density at radius 2 is 1.95 bits per heavy atom. The van der Waals surface area contributed by atoms with Crippen molar-refractivity contribution < 1.29 is 9.47 Å². The van der Waals surface area contributed by atoms with Gasteiger partial charge in [0.1, 0.15) is 0 Å². The minimum atomic E-state index is 0.0243. The zero-order valence-electron chi connectivity index (χ0n) is 13.2.